The molecule has 0 bridgehead atoms. The average molecular weight is 231 g/mol. The minimum Gasteiger partial charge on any atom is -0.479 e. The molecule has 0 saturated carbocycles. The summed E-state index contributed by atoms with van der Waals surface area (Å²) in [5.74, 6) is -2.72. The smallest absolute Gasteiger partial charge is 0.338 e. The first-order chi connectivity index (χ1) is 7.05. The molecular formula is C11H21NO4. The number of hydrogen-bond acceptors (Lipinski definition) is 4. The summed E-state index contributed by atoms with van der Waals surface area (Å²) in [4.78, 5) is 22.9. The fourth-order valence-corrected chi connectivity index (χ4v) is 1.18. The Labute approximate surface area is 96.0 Å². The lowest BCUT2D eigenvalue weighted by molar-refractivity contribution is -0.171. The highest BCUT2D eigenvalue weighted by Gasteiger charge is 2.49. The molecule has 0 saturated heterocycles. The Hall–Kier alpha value is -1.10. The molecular weight excluding hydrogens is 210 g/mol. The summed E-state index contributed by atoms with van der Waals surface area (Å²) in [5, 5.41) is 9.08. The zero-order valence-electron chi connectivity index (χ0n) is 10.5. The van der Waals surface area contributed by atoms with Crippen molar-refractivity contribution in [3.8, 4) is 0 Å². The van der Waals surface area contributed by atoms with Gasteiger partial charge < -0.3 is 15.6 Å². The molecule has 2 atom stereocenters. The Balaban J connectivity index is 5.08. The first kappa shape index (κ1) is 14.9. The second-order valence-electron chi connectivity index (χ2n) is 4.99. The number of carboxylic acid groups (broad SMARTS) is 1. The van der Waals surface area contributed by atoms with Gasteiger partial charge in [0.25, 0.3) is 0 Å². The number of hydrogen-bond donors (Lipinski definition) is 2. The zero-order chi connectivity index (χ0) is 13.1. The van der Waals surface area contributed by atoms with Crippen molar-refractivity contribution in [3.05, 3.63) is 0 Å². The van der Waals surface area contributed by atoms with Gasteiger partial charge in [-0.05, 0) is 26.7 Å². The predicted octanol–water partition coefficient (Wildman–Crippen LogP) is 1.16. The van der Waals surface area contributed by atoms with Gasteiger partial charge in [0.2, 0.25) is 5.54 Å². The van der Waals surface area contributed by atoms with E-state index in [1.807, 2.05) is 0 Å². The van der Waals surface area contributed by atoms with Gasteiger partial charge >= 0.3 is 11.9 Å². The van der Waals surface area contributed by atoms with Gasteiger partial charge in [-0.25, -0.2) is 9.59 Å². The third-order valence-electron chi connectivity index (χ3n) is 2.48. The minimum absolute atomic E-state index is 0.486. The van der Waals surface area contributed by atoms with Crippen LogP contribution in [0.4, 0.5) is 0 Å². The molecule has 0 rings (SSSR count). The number of carbonyl (C=O) groups is 2. The van der Waals surface area contributed by atoms with Gasteiger partial charge in [-0.2, -0.15) is 0 Å². The van der Waals surface area contributed by atoms with E-state index in [9.17, 15) is 9.59 Å². The molecule has 5 heteroatoms. The monoisotopic (exact) mass is 231 g/mol. The van der Waals surface area contributed by atoms with Crippen LogP contribution >= 0.6 is 0 Å². The Morgan fingerprint density at radius 1 is 1.38 bits per heavy atom. The minimum atomic E-state index is -1.97. The number of aliphatic carboxylic acids is 1. The number of esters is 1. The maximum Gasteiger partial charge on any atom is 0.338 e. The topological polar surface area (TPSA) is 89.6 Å². The van der Waals surface area contributed by atoms with E-state index in [-0.39, 0.29) is 0 Å². The van der Waals surface area contributed by atoms with E-state index in [1.165, 1.54) is 0 Å². The van der Waals surface area contributed by atoms with E-state index in [2.05, 4.69) is 0 Å². The highest BCUT2D eigenvalue weighted by molar-refractivity contribution is 6.04. The van der Waals surface area contributed by atoms with E-state index >= 15 is 0 Å². The zero-order valence-corrected chi connectivity index (χ0v) is 10.5. The Morgan fingerprint density at radius 3 is 2.06 bits per heavy atom. The maximum absolute atomic E-state index is 11.8. The third-order valence-corrected chi connectivity index (χ3v) is 2.48. The van der Waals surface area contributed by atoms with Crippen LogP contribution in [-0.2, 0) is 14.3 Å². The highest BCUT2D eigenvalue weighted by atomic mass is 16.6. The molecule has 0 heterocycles. The molecule has 0 aromatic heterocycles. The molecule has 0 radical (unpaired) electrons. The van der Waals surface area contributed by atoms with Crippen LogP contribution in [0.15, 0.2) is 0 Å². The van der Waals surface area contributed by atoms with Crippen LogP contribution in [-0.4, -0.2) is 28.2 Å². The van der Waals surface area contributed by atoms with Gasteiger partial charge in [-0.3, -0.25) is 0 Å². The van der Waals surface area contributed by atoms with Crippen LogP contribution in [0, 0.1) is 5.92 Å². The van der Waals surface area contributed by atoms with Gasteiger partial charge in [0.05, 0.1) is 0 Å². The molecule has 94 valence electrons. The Morgan fingerprint density at radius 2 is 1.81 bits per heavy atom. The number of nitrogens with two attached hydrogens (primary N) is 1. The van der Waals surface area contributed by atoms with Crippen molar-refractivity contribution in [1.29, 1.82) is 0 Å². The van der Waals surface area contributed by atoms with E-state index in [0.29, 0.717) is 6.42 Å². The number of carbonyl (C=O) groups excluding carboxylic acids is 1. The quantitative estimate of drug-likeness (QED) is 0.559. The molecule has 0 aliphatic rings. The highest BCUT2D eigenvalue weighted by Crippen LogP contribution is 2.22. The van der Waals surface area contributed by atoms with Crippen molar-refractivity contribution in [3.63, 3.8) is 0 Å². The van der Waals surface area contributed by atoms with E-state index in [0.717, 1.165) is 0 Å². The normalized spacial score (nSPS) is 17.4. The van der Waals surface area contributed by atoms with E-state index in [4.69, 9.17) is 15.6 Å². The van der Waals surface area contributed by atoms with E-state index in [1.54, 1.807) is 34.6 Å². The lowest BCUT2D eigenvalue weighted by Gasteiger charge is -2.31. The summed E-state index contributed by atoms with van der Waals surface area (Å²) < 4.78 is 5.04. The molecule has 0 fully saturated rings. The molecule has 16 heavy (non-hydrogen) atoms. The van der Waals surface area contributed by atoms with Gasteiger partial charge in [0, 0.05) is 0 Å². The standard InChI is InChI=1S/C11H21NO4/c1-6-7(2)11(12,8(13)14)9(15)16-10(3,4)5/h7H,6,12H2,1-5H3,(H,13,14)/t7?,11-/m0/s1. The lowest BCUT2D eigenvalue weighted by Crippen LogP contribution is -2.61. The third kappa shape index (κ3) is 3.20. The Bertz CT molecular complexity index is 282. The predicted molar refractivity (Wildman–Crippen MR) is 59.9 cm³/mol. The summed E-state index contributed by atoms with van der Waals surface area (Å²) in [6.07, 6.45) is 0.488. The summed E-state index contributed by atoms with van der Waals surface area (Å²) in [5.41, 5.74) is 2.96. The maximum atomic E-state index is 11.8. The molecule has 5 nitrogen and oxygen atoms in total. The van der Waals surface area contributed by atoms with Crippen molar-refractivity contribution in [2.75, 3.05) is 0 Å². The van der Waals surface area contributed by atoms with Crippen molar-refractivity contribution in [2.24, 2.45) is 11.7 Å². The van der Waals surface area contributed by atoms with Crippen molar-refractivity contribution in [2.45, 2.75) is 52.2 Å². The molecule has 0 aromatic rings. The first-order valence-corrected chi connectivity index (χ1v) is 5.31. The van der Waals surface area contributed by atoms with Crippen LogP contribution in [0.5, 0.6) is 0 Å². The van der Waals surface area contributed by atoms with E-state index < -0.39 is 29.0 Å². The fourth-order valence-electron chi connectivity index (χ4n) is 1.18. The molecule has 0 aromatic carbocycles. The van der Waals surface area contributed by atoms with Gasteiger partial charge in [-0.1, -0.05) is 20.3 Å². The molecule has 0 aliphatic carbocycles. The molecule has 3 N–H and O–H groups in total. The van der Waals surface area contributed by atoms with Gasteiger partial charge in [-0.15, -0.1) is 0 Å². The van der Waals surface area contributed by atoms with Crippen LogP contribution in [0.3, 0.4) is 0 Å². The number of carboxylic acids is 1. The summed E-state index contributed by atoms with van der Waals surface area (Å²) >= 11 is 0. The van der Waals surface area contributed by atoms with Gasteiger partial charge in [0.15, 0.2) is 0 Å². The van der Waals surface area contributed by atoms with Crippen LogP contribution in [0.2, 0.25) is 0 Å². The lowest BCUT2D eigenvalue weighted by atomic mass is 9.84. The summed E-state index contributed by atoms with van der Waals surface area (Å²) in [7, 11) is 0. The van der Waals surface area contributed by atoms with Crippen LogP contribution < -0.4 is 5.73 Å². The summed E-state index contributed by atoms with van der Waals surface area (Å²) in [6.45, 7) is 8.41. The van der Waals surface area contributed by atoms with Crippen molar-refractivity contribution < 1.29 is 19.4 Å². The Kier molecular flexibility index (Phi) is 4.49. The summed E-state index contributed by atoms with van der Waals surface area (Å²) in [6, 6.07) is 0. The number of ether oxygens (including phenoxy) is 1. The van der Waals surface area contributed by atoms with Crippen molar-refractivity contribution in [1.82, 2.24) is 0 Å². The molecule has 0 aliphatic heterocycles. The molecule has 0 spiro atoms. The van der Waals surface area contributed by atoms with Gasteiger partial charge in [0.1, 0.15) is 5.60 Å². The fraction of sp³-hybridized carbons (Fsp3) is 0.818. The average Bonchev–Trinajstić information content (AvgIpc) is 2.11. The second kappa shape index (κ2) is 4.82. The number of rotatable bonds is 4. The van der Waals surface area contributed by atoms with Crippen LogP contribution in [0.25, 0.3) is 0 Å². The second-order valence-corrected chi connectivity index (χ2v) is 4.99. The first-order valence-electron chi connectivity index (χ1n) is 5.31. The largest absolute Gasteiger partial charge is 0.479 e. The van der Waals surface area contributed by atoms with Crippen LogP contribution in [0.1, 0.15) is 41.0 Å². The molecule has 1 unspecified atom stereocenters. The molecule has 0 amide bonds. The SMILES string of the molecule is CCC(C)[C@](N)(C(=O)O)C(=O)OC(C)(C)C. The van der Waals surface area contributed by atoms with Crippen molar-refractivity contribution >= 4 is 11.9 Å².